The molecule has 0 aliphatic rings. The molecule has 0 bridgehead atoms. The van der Waals surface area contributed by atoms with Crippen molar-refractivity contribution in [3.05, 3.63) is 65.7 Å². The quantitative estimate of drug-likeness (QED) is 0.637. The van der Waals surface area contributed by atoms with Gasteiger partial charge in [0.05, 0.1) is 5.02 Å². The SMILES string of the molecule is Cc1c(C)c(C)c(C(O)c2ccc(I)c(Cl)c2)c(C)c1C. The molecule has 0 heterocycles. The molecule has 0 aliphatic heterocycles. The second-order valence-corrected chi connectivity index (χ2v) is 7.18. The smallest absolute Gasteiger partial charge is 0.105 e. The van der Waals surface area contributed by atoms with Crippen LogP contribution in [-0.2, 0) is 0 Å². The highest BCUT2D eigenvalue weighted by atomic mass is 127. The molecule has 0 aliphatic carbocycles. The molecular weight excluding hydrogens is 395 g/mol. The Morgan fingerprint density at radius 2 is 1.38 bits per heavy atom. The van der Waals surface area contributed by atoms with E-state index in [1.165, 1.54) is 16.7 Å². The van der Waals surface area contributed by atoms with Gasteiger partial charge in [0.25, 0.3) is 0 Å². The standard InChI is InChI=1S/C18H20ClIO/c1-9-10(2)12(4)17(13(5)11(9)3)18(21)14-6-7-16(20)15(19)8-14/h6-8,18,21H,1-5H3. The Morgan fingerprint density at radius 3 is 1.86 bits per heavy atom. The van der Waals surface area contributed by atoms with Crippen molar-refractivity contribution >= 4 is 34.2 Å². The second-order valence-electron chi connectivity index (χ2n) is 5.61. The van der Waals surface area contributed by atoms with E-state index in [0.29, 0.717) is 5.02 Å². The van der Waals surface area contributed by atoms with Crippen molar-refractivity contribution in [2.75, 3.05) is 0 Å². The molecule has 2 aromatic carbocycles. The minimum atomic E-state index is -0.641. The maximum atomic E-state index is 10.8. The zero-order valence-electron chi connectivity index (χ0n) is 13.0. The van der Waals surface area contributed by atoms with Crippen LogP contribution in [0.15, 0.2) is 18.2 Å². The predicted octanol–water partition coefficient (Wildman–Crippen LogP) is 5.57. The van der Waals surface area contributed by atoms with E-state index >= 15 is 0 Å². The van der Waals surface area contributed by atoms with E-state index in [0.717, 1.165) is 25.8 Å². The van der Waals surface area contributed by atoms with Gasteiger partial charge in [0.15, 0.2) is 0 Å². The van der Waals surface area contributed by atoms with Crippen molar-refractivity contribution in [2.45, 2.75) is 40.7 Å². The third-order valence-corrected chi connectivity index (χ3v) is 6.16. The highest BCUT2D eigenvalue weighted by Gasteiger charge is 2.20. The van der Waals surface area contributed by atoms with Gasteiger partial charge in [-0.05, 0) is 108 Å². The van der Waals surface area contributed by atoms with Crippen LogP contribution in [-0.4, -0.2) is 5.11 Å². The first-order chi connectivity index (χ1) is 9.75. The molecular formula is C18H20ClIO. The minimum Gasteiger partial charge on any atom is -0.384 e. The molecule has 21 heavy (non-hydrogen) atoms. The number of aliphatic hydroxyl groups excluding tert-OH is 1. The number of hydrogen-bond donors (Lipinski definition) is 1. The first-order valence-electron chi connectivity index (χ1n) is 6.95. The monoisotopic (exact) mass is 414 g/mol. The average molecular weight is 415 g/mol. The highest BCUT2D eigenvalue weighted by Crippen LogP contribution is 2.34. The average Bonchev–Trinajstić information content (AvgIpc) is 2.46. The Morgan fingerprint density at radius 1 is 0.905 bits per heavy atom. The molecule has 0 radical (unpaired) electrons. The Labute approximate surface area is 145 Å². The normalized spacial score (nSPS) is 12.6. The lowest BCUT2D eigenvalue weighted by atomic mass is 9.85. The van der Waals surface area contributed by atoms with Crippen LogP contribution in [0.5, 0.6) is 0 Å². The van der Waals surface area contributed by atoms with E-state index < -0.39 is 6.10 Å². The summed E-state index contributed by atoms with van der Waals surface area (Å²) in [5, 5.41) is 11.5. The second kappa shape index (κ2) is 6.27. The van der Waals surface area contributed by atoms with Crippen molar-refractivity contribution in [3.63, 3.8) is 0 Å². The largest absolute Gasteiger partial charge is 0.384 e. The number of benzene rings is 2. The lowest BCUT2D eigenvalue weighted by Crippen LogP contribution is -2.09. The summed E-state index contributed by atoms with van der Waals surface area (Å²) in [4.78, 5) is 0. The van der Waals surface area contributed by atoms with Crippen LogP contribution in [0.3, 0.4) is 0 Å². The fourth-order valence-electron chi connectivity index (χ4n) is 2.79. The first-order valence-corrected chi connectivity index (χ1v) is 8.41. The molecule has 0 fully saturated rings. The molecule has 3 heteroatoms. The van der Waals surface area contributed by atoms with Gasteiger partial charge in [-0.25, -0.2) is 0 Å². The van der Waals surface area contributed by atoms with Crippen LogP contribution < -0.4 is 0 Å². The van der Waals surface area contributed by atoms with Gasteiger partial charge in [-0.3, -0.25) is 0 Å². The van der Waals surface area contributed by atoms with E-state index in [2.05, 4.69) is 57.2 Å². The fourth-order valence-corrected chi connectivity index (χ4v) is 3.31. The lowest BCUT2D eigenvalue weighted by molar-refractivity contribution is 0.218. The van der Waals surface area contributed by atoms with E-state index in [-0.39, 0.29) is 0 Å². The summed E-state index contributed by atoms with van der Waals surface area (Å²) in [6.45, 7) is 10.5. The minimum absolute atomic E-state index is 0.641. The summed E-state index contributed by atoms with van der Waals surface area (Å²) >= 11 is 8.39. The molecule has 0 saturated heterocycles. The van der Waals surface area contributed by atoms with Gasteiger partial charge >= 0.3 is 0 Å². The van der Waals surface area contributed by atoms with Crippen LogP contribution in [0.4, 0.5) is 0 Å². The summed E-state index contributed by atoms with van der Waals surface area (Å²) < 4.78 is 0.995. The molecule has 1 N–H and O–H groups in total. The van der Waals surface area contributed by atoms with Crippen molar-refractivity contribution in [2.24, 2.45) is 0 Å². The highest BCUT2D eigenvalue weighted by molar-refractivity contribution is 14.1. The number of halogens is 2. The Kier molecular flexibility index (Phi) is 5.01. The van der Waals surface area contributed by atoms with Gasteiger partial charge in [-0.15, -0.1) is 0 Å². The molecule has 0 aromatic heterocycles. The van der Waals surface area contributed by atoms with Crippen LogP contribution in [0.1, 0.15) is 45.0 Å². The van der Waals surface area contributed by atoms with Crippen molar-refractivity contribution < 1.29 is 5.11 Å². The van der Waals surface area contributed by atoms with Crippen LogP contribution in [0.2, 0.25) is 5.02 Å². The molecule has 1 atom stereocenters. The number of aliphatic hydroxyl groups is 1. The maximum Gasteiger partial charge on any atom is 0.105 e. The Bertz CT molecular complexity index is 678. The van der Waals surface area contributed by atoms with E-state index in [1.54, 1.807) is 0 Å². The molecule has 0 saturated carbocycles. The van der Waals surface area contributed by atoms with Gasteiger partial charge in [-0.2, -0.15) is 0 Å². The van der Waals surface area contributed by atoms with Gasteiger partial charge in [0, 0.05) is 3.57 Å². The van der Waals surface area contributed by atoms with Gasteiger partial charge in [-0.1, -0.05) is 17.7 Å². The molecule has 2 rings (SSSR count). The fraction of sp³-hybridized carbons (Fsp3) is 0.333. The van der Waals surface area contributed by atoms with Crippen LogP contribution in [0, 0.1) is 38.2 Å². The molecule has 1 nitrogen and oxygen atoms in total. The topological polar surface area (TPSA) is 20.2 Å². The third kappa shape index (κ3) is 2.99. The number of hydrogen-bond acceptors (Lipinski definition) is 1. The summed E-state index contributed by atoms with van der Waals surface area (Å²) in [6.07, 6.45) is -0.641. The van der Waals surface area contributed by atoms with Crippen molar-refractivity contribution in [1.29, 1.82) is 0 Å². The summed E-state index contributed by atoms with van der Waals surface area (Å²) in [7, 11) is 0. The van der Waals surface area contributed by atoms with Gasteiger partial charge < -0.3 is 5.11 Å². The molecule has 0 spiro atoms. The maximum absolute atomic E-state index is 10.8. The molecule has 2 aromatic rings. The van der Waals surface area contributed by atoms with Crippen molar-refractivity contribution in [1.82, 2.24) is 0 Å². The molecule has 1 unspecified atom stereocenters. The first kappa shape index (κ1) is 16.8. The summed E-state index contributed by atoms with van der Waals surface area (Å²) in [6, 6.07) is 5.75. The van der Waals surface area contributed by atoms with Crippen LogP contribution >= 0.6 is 34.2 Å². The predicted molar refractivity (Wildman–Crippen MR) is 98.4 cm³/mol. The van der Waals surface area contributed by atoms with E-state index in [1.807, 2.05) is 18.2 Å². The van der Waals surface area contributed by atoms with Crippen LogP contribution in [0.25, 0.3) is 0 Å². The summed E-state index contributed by atoms with van der Waals surface area (Å²) in [5.74, 6) is 0. The zero-order valence-corrected chi connectivity index (χ0v) is 15.9. The zero-order chi connectivity index (χ0) is 15.9. The van der Waals surface area contributed by atoms with E-state index in [9.17, 15) is 5.11 Å². The van der Waals surface area contributed by atoms with Crippen molar-refractivity contribution in [3.8, 4) is 0 Å². The molecule has 112 valence electrons. The Balaban J connectivity index is 2.63. The third-order valence-electron chi connectivity index (χ3n) is 4.59. The van der Waals surface area contributed by atoms with E-state index in [4.69, 9.17) is 11.6 Å². The van der Waals surface area contributed by atoms with Gasteiger partial charge in [0.2, 0.25) is 0 Å². The lowest BCUT2D eigenvalue weighted by Gasteiger charge is -2.23. The molecule has 0 amide bonds. The number of rotatable bonds is 2. The Hall–Kier alpha value is -0.580. The summed E-state index contributed by atoms with van der Waals surface area (Å²) in [5.41, 5.74) is 7.99. The van der Waals surface area contributed by atoms with Gasteiger partial charge in [0.1, 0.15) is 6.10 Å².